The highest BCUT2D eigenvalue weighted by molar-refractivity contribution is 8.00. The van der Waals surface area contributed by atoms with Crippen LogP contribution in [0.2, 0.25) is 0 Å². The fourth-order valence-electron chi connectivity index (χ4n) is 8.23. The van der Waals surface area contributed by atoms with E-state index in [1.807, 2.05) is 32.5 Å². The summed E-state index contributed by atoms with van der Waals surface area (Å²) in [4.78, 5) is 141. The predicted molar refractivity (Wildman–Crippen MR) is 273 cm³/mol. The maximum absolute atomic E-state index is 14.2. The van der Waals surface area contributed by atoms with Crippen LogP contribution in [0.15, 0.2) is 0 Å². The lowest BCUT2D eigenvalue weighted by Crippen LogP contribution is -2.56. The summed E-state index contributed by atoms with van der Waals surface area (Å²) in [6, 6.07) is -1.16. The first kappa shape index (κ1) is 62.1. The number of alkyl carbamates (subject to hydrolysis) is 1. The van der Waals surface area contributed by atoms with Crippen LogP contribution in [-0.2, 0) is 47.9 Å². The van der Waals surface area contributed by atoms with E-state index in [4.69, 9.17) is 17.6 Å². The topological polar surface area (TPSA) is 247 Å². The summed E-state index contributed by atoms with van der Waals surface area (Å²) in [5, 5.41) is 11.0. The van der Waals surface area contributed by atoms with Crippen LogP contribution in [0.25, 0.3) is 0 Å². The molecule has 2 heterocycles. The summed E-state index contributed by atoms with van der Waals surface area (Å²) in [5.74, 6) is 1.54. The van der Waals surface area contributed by atoms with Gasteiger partial charge in [-0.25, -0.2) is 4.79 Å². The lowest BCUT2D eigenvalue weighted by atomic mass is 9.94. The fourth-order valence-corrected chi connectivity index (χ4v) is 9.88. The van der Waals surface area contributed by atoms with Gasteiger partial charge in [0.2, 0.25) is 53.2 Å². The molecule has 4 atom stereocenters. The maximum Gasteiger partial charge on any atom is 0.407 e. The molecule has 4 N–H and O–H groups in total. The minimum absolute atomic E-state index is 0.0680. The maximum atomic E-state index is 14.2. The standard InChI is InChI=1S/C50H80N10O11S/c1-11-21-55(29-42(63)51-10)43(64)30-56(22-12-2)44(65)31-57(23-13-3)45(66)32-58(24-14-4)46(67)33-59(25-15-5)47(68)34-60(26-16-6)48(69)37(28-52-49(70)71-50(7,8)9)53-40(61)20-18-17-19-39-36-27-41(62)54-38(36)35-72-39/h1,6,36-39H,12-15,17-35H2,2-5,7-10H3,(H,51,63)(H,52,70)(H,53,61)(H,54,62)/t36-,37?,38-,39-/m0/s1. The number of hydrogen-bond donors (Lipinski definition) is 4. The largest absolute Gasteiger partial charge is 0.444 e. The lowest BCUT2D eigenvalue weighted by Gasteiger charge is -2.32. The van der Waals surface area contributed by atoms with Crippen molar-refractivity contribution in [2.24, 2.45) is 5.92 Å². The highest BCUT2D eigenvalue weighted by Gasteiger charge is 2.43. The Morgan fingerprint density at radius 1 is 0.694 bits per heavy atom. The number of unbranched alkanes of at least 4 members (excludes halogenated alkanes) is 1. The zero-order chi connectivity index (χ0) is 54.0. The van der Waals surface area contributed by atoms with E-state index in [-0.39, 0.29) is 89.7 Å². The Bertz CT molecular complexity index is 1970. The van der Waals surface area contributed by atoms with Crippen LogP contribution >= 0.6 is 11.8 Å². The number of hydrogen-bond acceptors (Lipinski definition) is 12. The monoisotopic (exact) mass is 1030 g/mol. The van der Waals surface area contributed by atoms with Gasteiger partial charge in [0.15, 0.2) is 0 Å². The molecule has 0 bridgehead atoms. The molecule has 10 amide bonds. The Labute approximate surface area is 430 Å². The molecule has 2 aliphatic rings. The van der Waals surface area contributed by atoms with Crippen LogP contribution in [0.1, 0.15) is 106 Å². The number of ether oxygens (including phenoxy) is 1. The van der Waals surface area contributed by atoms with Crippen molar-refractivity contribution in [1.82, 2.24) is 50.7 Å². The van der Waals surface area contributed by atoms with Crippen molar-refractivity contribution in [3.63, 3.8) is 0 Å². The predicted octanol–water partition coefficient (Wildman–Crippen LogP) is 0.800. The van der Waals surface area contributed by atoms with E-state index < -0.39 is 84.6 Å². The number of terminal acetylenes is 2. The molecule has 0 spiro atoms. The molecule has 2 aliphatic heterocycles. The molecule has 0 aliphatic carbocycles. The average molecular weight is 1030 g/mol. The van der Waals surface area contributed by atoms with Crippen LogP contribution in [0.3, 0.4) is 0 Å². The number of carbonyl (C=O) groups is 10. The molecule has 72 heavy (non-hydrogen) atoms. The second kappa shape index (κ2) is 32.1. The van der Waals surface area contributed by atoms with Gasteiger partial charge in [0.05, 0.1) is 45.8 Å². The molecular formula is C50H80N10O11S. The van der Waals surface area contributed by atoms with Crippen molar-refractivity contribution in [2.45, 2.75) is 129 Å². The van der Waals surface area contributed by atoms with Crippen molar-refractivity contribution in [3.05, 3.63) is 0 Å². The van der Waals surface area contributed by atoms with E-state index in [9.17, 15) is 47.9 Å². The first-order valence-electron chi connectivity index (χ1n) is 25.1. The first-order valence-corrected chi connectivity index (χ1v) is 26.1. The molecule has 21 nitrogen and oxygen atoms in total. The van der Waals surface area contributed by atoms with Gasteiger partial charge < -0.3 is 55.4 Å². The summed E-state index contributed by atoms with van der Waals surface area (Å²) in [7, 11) is 1.43. The Hall–Kier alpha value is -6.03. The Morgan fingerprint density at radius 3 is 1.60 bits per heavy atom. The van der Waals surface area contributed by atoms with Crippen LogP contribution in [-0.4, -0.2) is 209 Å². The number of fused-ring (bicyclic) bond motifs is 1. The molecule has 22 heteroatoms. The molecule has 2 fully saturated rings. The first-order chi connectivity index (χ1) is 34.1. The second-order valence-corrected chi connectivity index (χ2v) is 20.2. The van der Waals surface area contributed by atoms with Gasteiger partial charge in [-0.3, -0.25) is 43.2 Å². The SMILES string of the molecule is C#CCN(CC(=O)NC)C(=O)CN(CCC)C(=O)CN(CCC)C(=O)CN(CCC)C(=O)CN(CCC)C(=O)CN(CC#C)C(=O)C(CNC(=O)OC(C)(C)C)NC(=O)CCCC[C@@H]1SC[C@@H]2NC(=O)C[C@@H]21. The summed E-state index contributed by atoms with van der Waals surface area (Å²) < 4.78 is 5.35. The molecule has 0 aromatic rings. The highest BCUT2D eigenvalue weighted by Crippen LogP contribution is 2.40. The number of nitrogens with zero attached hydrogens (tertiary/aromatic N) is 6. The van der Waals surface area contributed by atoms with E-state index in [0.717, 1.165) is 28.4 Å². The molecule has 2 rings (SSSR count). The third-order valence-electron chi connectivity index (χ3n) is 11.7. The van der Waals surface area contributed by atoms with Crippen molar-refractivity contribution < 1.29 is 52.7 Å². The van der Waals surface area contributed by atoms with Crippen molar-refractivity contribution in [1.29, 1.82) is 0 Å². The number of carbonyl (C=O) groups excluding carboxylic acids is 10. The minimum atomic E-state index is -1.34. The summed E-state index contributed by atoms with van der Waals surface area (Å²) in [6.45, 7) is 9.56. The van der Waals surface area contributed by atoms with Gasteiger partial charge in [-0.2, -0.15) is 11.8 Å². The quantitative estimate of drug-likeness (QED) is 0.0557. The zero-order valence-electron chi connectivity index (χ0n) is 43.8. The van der Waals surface area contributed by atoms with Crippen LogP contribution in [0, 0.1) is 30.6 Å². The molecule has 402 valence electrons. The van der Waals surface area contributed by atoms with Gasteiger partial charge in [-0.1, -0.05) is 46.0 Å². The van der Waals surface area contributed by atoms with Gasteiger partial charge in [-0.15, -0.1) is 12.8 Å². The van der Waals surface area contributed by atoms with Crippen molar-refractivity contribution in [3.8, 4) is 24.7 Å². The molecule has 0 saturated carbocycles. The van der Waals surface area contributed by atoms with Gasteiger partial charge in [0.25, 0.3) is 0 Å². The van der Waals surface area contributed by atoms with Crippen LogP contribution < -0.4 is 21.3 Å². The van der Waals surface area contributed by atoms with Crippen molar-refractivity contribution in [2.75, 3.05) is 97.9 Å². The summed E-state index contributed by atoms with van der Waals surface area (Å²) in [6.07, 6.45) is 14.8. The van der Waals surface area contributed by atoms with Gasteiger partial charge in [0.1, 0.15) is 24.7 Å². The zero-order valence-corrected chi connectivity index (χ0v) is 44.6. The summed E-state index contributed by atoms with van der Waals surface area (Å²) >= 11 is 1.83. The van der Waals surface area contributed by atoms with E-state index in [1.165, 1.54) is 26.6 Å². The van der Waals surface area contributed by atoms with E-state index in [2.05, 4.69) is 33.1 Å². The Morgan fingerprint density at radius 2 is 1.15 bits per heavy atom. The number of likely N-dealkylation sites (N-methyl/N-ethyl adjacent to an activating group) is 1. The molecule has 0 aromatic carbocycles. The molecule has 2 saturated heterocycles. The molecular weight excluding hydrogens is 949 g/mol. The van der Waals surface area contributed by atoms with E-state index >= 15 is 0 Å². The number of thioether (sulfide) groups is 1. The smallest absolute Gasteiger partial charge is 0.407 e. The van der Waals surface area contributed by atoms with Crippen molar-refractivity contribution >= 4 is 71.0 Å². The number of nitrogens with one attached hydrogen (secondary N) is 4. The minimum Gasteiger partial charge on any atom is -0.444 e. The normalized spacial score (nSPS) is 16.1. The van der Waals surface area contributed by atoms with Gasteiger partial charge in [-0.05, 0) is 59.3 Å². The van der Waals surface area contributed by atoms with Gasteiger partial charge >= 0.3 is 6.09 Å². The van der Waals surface area contributed by atoms with Gasteiger partial charge in [0, 0.05) is 69.0 Å². The Kier molecular flexibility index (Phi) is 27.7. The molecule has 0 radical (unpaired) electrons. The van der Waals surface area contributed by atoms with Crippen LogP contribution in [0.4, 0.5) is 4.79 Å². The van der Waals surface area contributed by atoms with E-state index in [1.54, 1.807) is 27.7 Å². The number of amides is 10. The third kappa shape index (κ3) is 21.8. The van der Waals surface area contributed by atoms with Crippen LogP contribution in [0.5, 0.6) is 0 Å². The number of rotatable bonds is 31. The highest BCUT2D eigenvalue weighted by atomic mass is 32.2. The average Bonchev–Trinajstić information content (AvgIpc) is 3.88. The second-order valence-electron chi connectivity index (χ2n) is 18.9. The third-order valence-corrected chi connectivity index (χ3v) is 13.3. The molecule has 0 aromatic heterocycles. The summed E-state index contributed by atoms with van der Waals surface area (Å²) in [5.41, 5.74) is -0.857. The fraction of sp³-hybridized carbons (Fsp3) is 0.720. The Balaban J connectivity index is 2.21. The van der Waals surface area contributed by atoms with E-state index in [0.29, 0.717) is 43.8 Å². The molecule has 1 unspecified atom stereocenters. The lowest BCUT2D eigenvalue weighted by molar-refractivity contribution is -0.148.